The number of methoxy groups -OCH3 is 1. The Kier molecular flexibility index (Phi) is 4.36. The minimum atomic E-state index is 0.689. The van der Waals surface area contributed by atoms with E-state index in [4.69, 9.17) is 4.74 Å². The van der Waals surface area contributed by atoms with Crippen LogP contribution in [0.2, 0.25) is 0 Å². The average Bonchev–Trinajstić information content (AvgIpc) is 3.10. The van der Waals surface area contributed by atoms with Gasteiger partial charge in [-0.05, 0) is 31.2 Å². The topological polar surface area (TPSA) is 58.8 Å². The number of hydrogen-bond donors (Lipinski definition) is 0. The Morgan fingerprint density at radius 1 is 1.00 bits per heavy atom. The monoisotopic (exact) mass is 352 g/mol. The summed E-state index contributed by atoms with van der Waals surface area (Å²) in [6.45, 7) is 7.87. The van der Waals surface area contributed by atoms with Crippen molar-refractivity contribution in [1.29, 1.82) is 0 Å². The lowest BCUT2D eigenvalue weighted by atomic mass is 10.2. The molecule has 7 nitrogen and oxygen atoms in total. The fourth-order valence-corrected chi connectivity index (χ4v) is 3.37. The van der Waals surface area contributed by atoms with E-state index in [2.05, 4.69) is 50.0 Å². The number of aryl methyl sites for hydroxylation is 2. The minimum Gasteiger partial charge on any atom is -0.497 e. The quantitative estimate of drug-likeness (QED) is 0.718. The number of nitrogens with zero attached hydrogens (tertiary/aromatic N) is 6. The molecule has 3 heterocycles. The first-order valence-electron chi connectivity index (χ1n) is 9.05. The van der Waals surface area contributed by atoms with E-state index in [9.17, 15) is 0 Å². The molecular formula is C19H24N6O. The van der Waals surface area contributed by atoms with Crippen molar-refractivity contribution in [2.45, 2.75) is 20.3 Å². The Labute approximate surface area is 153 Å². The van der Waals surface area contributed by atoms with E-state index in [1.165, 1.54) is 5.69 Å². The number of hydrogen-bond acceptors (Lipinski definition) is 6. The molecule has 0 N–H and O–H groups in total. The van der Waals surface area contributed by atoms with Crippen LogP contribution in [0.15, 0.2) is 30.3 Å². The van der Waals surface area contributed by atoms with Crippen molar-refractivity contribution < 1.29 is 4.74 Å². The van der Waals surface area contributed by atoms with E-state index in [1.54, 1.807) is 7.11 Å². The van der Waals surface area contributed by atoms with Crippen LogP contribution < -0.4 is 14.5 Å². The van der Waals surface area contributed by atoms with Gasteiger partial charge in [0.05, 0.1) is 7.11 Å². The Bertz CT molecular complexity index is 896. The summed E-state index contributed by atoms with van der Waals surface area (Å²) in [6, 6.07) is 10.4. The maximum absolute atomic E-state index is 5.25. The highest BCUT2D eigenvalue weighted by molar-refractivity contribution is 5.53. The van der Waals surface area contributed by atoms with Crippen LogP contribution >= 0.6 is 0 Å². The van der Waals surface area contributed by atoms with E-state index < -0.39 is 0 Å². The van der Waals surface area contributed by atoms with Crippen LogP contribution in [0.25, 0.3) is 5.78 Å². The van der Waals surface area contributed by atoms with Gasteiger partial charge in [-0.15, -0.1) is 5.10 Å². The normalized spacial score (nSPS) is 14.9. The van der Waals surface area contributed by atoms with Crippen molar-refractivity contribution in [3.05, 3.63) is 41.9 Å². The van der Waals surface area contributed by atoms with Crippen LogP contribution in [0.3, 0.4) is 0 Å². The number of anilines is 2. The van der Waals surface area contributed by atoms with Crippen LogP contribution in [0.5, 0.6) is 5.75 Å². The Balaban J connectivity index is 1.54. The molecule has 2 aromatic heterocycles. The van der Waals surface area contributed by atoms with E-state index in [0.29, 0.717) is 5.78 Å². The van der Waals surface area contributed by atoms with Crippen molar-refractivity contribution in [3.63, 3.8) is 0 Å². The summed E-state index contributed by atoms with van der Waals surface area (Å²) >= 11 is 0. The number of benzene rings is 1. The summed E-state index contributed by atoms with van der Waals surface area (Å²) in [7, 11) is 1.69. The predicted octanol–water partition coefficient (Wildman–Crippen LogP) is 2.33. The molecule has 1 aromatic carbocycles. The third-order valence-corrected chi connectivity index (χ3v) is 4.82. The third-order valence-electron chi connectivity index (χ3n) is 4.82. The lowest BCUT2D eigenvalue weighted by Crippen LogP contribution is -2.47. The largest absolute Gasteiger partial charge is 0.497 e. The van der Waals surface area contributed by atoms with E-state index >= 15 is 0 Å². The molecule has 4 rings (SSSR count). The van der Waals surface area contributed by atoms with Gasteiger partial charge in [0.2, 0.25) is 0 Å². The van der Waals surface area contributed by atoms with Crippen LogP contribution in [0, 0.1) is 6.92 Å². The van der Waals surface area contributed by atoms with E-state index in [0.717, 1.165) is 55.7 Å². The van der Waals surface area contributed by atoms with Crippen molar-refractivity contribution >= 4 is 17.3 Å². The molecule has 3 aromatic rings. The number of ether oxygens (including phenoxy) is 1. The zero-order valence-corrected chi connectivity index (χ0v) is 15.5. The summed E-state index contributed by atoms with van der Waals surface area (Å²) in [4.78, 5) is 13.8. The van der Waals surface area contributed by atoms with Crippen molar-refractivity contribution in [3.8, 4) is 5.75 Å². The van der Waals surface area contributed by atoms with Gasteiger partial charge in [-0.2, -0.15) is 9.50 Å². The highest BCUT2D eigenvalue weighted by Crippen LogP contribution is 2.23. The van der Waals surface area contributed by atoms with Crippen LogP contribution in [-0.4, -0.2) is 52.9 Å². The van der Waals surface area contributed by atoms with Crippen molar-refractivity contribution in [2.24, 2.45) is 0 Å². The van der Waals surface area contributed by atoms with Gasteiger partial charge in [-0.3, -0.25) is 0 Å². The van der Waals surface area contributed by atoms with Gasteiger partial charge in [0.1, 0.15) is 11.6 Å². The predicted molar refractivity (Wildman–Crippen MR) is 102 cm³/mol. The fraction of sp³-hybridized carbons (Fsp3) is 0.421. The third kappa shape index (κ3) is 3.05. The second kappa shape index (κ2) is 6.82. The minimum absolute atomic E-state index is 0.689. The molecule has 26 heavy (non-hydrogen) atoms. The molecule has 0 bridgehead atoms. The van der Waals surface area contributed by atoms with Gasteiger partial charge in [0.25, 0.3) is 5.78 Å². The average molecular weight is 352 g/mol. The fourth-order valence-electron chi connectivity index (χ4n) is 3.37. The first-order valence-corrected chi connectivity index (χ1v) is 9.05. The molecule has 0 saturated carbocycles. The summed E-state index contributed by atoms with van der Waals surface area (Å²) in [6.07, 6.45) is 0.813. The van der Waals surface area contributed by atoms with Gasteiger partial charge in [0, 0.05) is 50.0 Å². The molecule has 0 unspecified atom stereocenters. The maximum Gasteiger partial charge on any atom is 0.254 e. The van der Waals surface area contributed by atoms with Crippen LogP contribution in [-0.2, 0) is 6.42 Å². The zero-order chi connectivity index (χ0) is 18.1. The molecule has 1 aliphatic heterocycles. The lowest BCUT2D eigenvalue weighted by Gasteiger charge is -2.37. The van der Waals surface area contributed by atoms with Gasteiger partial charge >= 0.3 is 0 Å². The molecule has 1 aliphatic rings. The second-order valence-electron chi connectivity index (χ2n) is 6.52. The Hall–Kier alpha value is -2.83. The standard InChI is InChI=1S/C19H24N6O/c1-4-17-21-19-20-14(2)13-18(25(19)22-17)24-11-9-23(10-12-24)15-5-7-16(26-3)8-6-15/h5-8,13H,4,9-12H2,1-3H3. The Morgan fingerprint density at radius 2 is 1.69 bits per heavy atom. The summed E-state index contributed by atoms with van der Waals surface area (Å²) in [5, 5.41) is 4.62. The van der Waals surface area contributed by atoms with Gasteiger partial charge < -0.3 is 14.5 Å². The number of fused-ring (bicyclic) bond motifs is 1. The smallest absolute Gasteiger partial charge is 0.254 e. The molecule has 1 fully saturated rings. The van der Waals surface area contributed by atoms with Crippen LogP contribution in [0.1, 0.15) is 18.4 Å². The van der Waals surface area contributed by atoms with E-state index in [-0.39, 0.29) is 0 Å². The molecule has 136 valence electrons. The van der Waals surface area contributed by atoms with Crippen LogP contribution in [0.4, 0.5) is 11.5 Å². The van der Waals surface area contributed by atoms with E-state index in [1.807, 2.05) is 23.6 Å². The van der Waals surface area contributed by atoms with Gasteiger partial charge in [0.15, 0.2) is 5.82 Å². The Morgan fingerprint density at radius 3 is 2.35 bits per heavy atom. The zero-order valence-electron chi connectivity index (χ0n) is 15.5. The number of aromatic nitrogens is 4. The number of rotatable bonds is 4. The summed E-state index contributed by atoms with van der Waals surface area (Å²) in [5.41, 5.74) is 2.20. The molecule has 7 heteroatoms. The molecular weight excluding hydrogens is 328 g/mol. The molecule has 1 saturated heterocycles. The SMILES string of the molecule is CCc1nc2nc(C)cc(N3CCN(c4ccc(OC)cc4)CC3)n2n1. The number of piperazine rings is 1. The first-order chi connectivity index (χ1) is 12.7. The summed E-state index contributed by atoms with van der Waals surface area (Å²) < 4.78 is 7.13. The molecule has 0 radical (unpaired) electrons. The second-order valence-corrected chi connectivity index (χ2v) is 6.52. The highest BCUT2D eigenvalue weighted by Gasteiger charge is 2.21. The lowest BCUT2D eigenvalue weighted by molar-refractivity contribution is 0.415. The molecule has 0 amide bonds. The molecule has 0 aliphatic carbocycles. The maximum atomic E-state index is 5.25. The van der Waals surface area contributed by atoms with Crippen molar-refractivity contribution in [2.75, 3.05) is 43.1 Å². The highest BCUT2D eigenvalue weighted by atomic mass is 16.5. The van der Waals surface area contributed by atoms with Gasteiger partial charge in [-0.25, -0.2) is 4.98 Å². The summed E-state index contributed by atoms with van der Waals surface area (Å²) in [5.74, 6) is 3.49. The molecule has 0 spiro atoms. The first kappa shape index (κ1) is 16.6. The van der Waals surface area contributed by atoms with Gasteiger partial charge in [-0.1, -0.05) is 6.92 Å². The molecule has 0 atom stereocenters. The van der Waals surface area contributed by atoms with Crippen molar-refractivity contribution in [1.82, 2.24) is 19.6 Å².